The van der Waals surface area contributed by atoms with Crippen LogP contribution in [-0.4, -0.2) is 7.05 Å². The zero-order valence-electron chi connectivity index (χ0n) is 10.6. The van der Waals surface area contributed by atoms with Crippen molar-refractivity contribution in [1.82, 2.24) is 5.32 Å². The monoisotopic (exact) mass is 323 g/mol. The summed E-state index contributed by atoms with van der Waals surface area (Å²) in [5.41, 5.74) is 1.95. The number of rotatable bonds is 5. The summed E-state index contributed by atoms with van der Waals surface area (Å²) in [4.78, 5) is 0. The van der Waals surface area contributed by atoms with Crippen LogP contribution in [0.4, 0.5) is 4.39 Å². The Hall–Kier alpha value is -1.39. The molecule has 2 nitrogen and oxygen atoms in total. The molecule has 2 aromatic rings. The van der Waals surface area contributed by atoms with Crippen LogP contribution in [0.1, 0.15) is 11.1 Å². The van der Waals surface area contributed by atoms with E-state index < -0.39 is 0 Å². The summed E-state index contributed by atoms with van der Waals surface area (Å²) in [5, 5.41) is 3.09. The SMILES string of the molecule is CNCc1cccc(OCc2cc(F)cc(Br)c2)c1. The van der Waals surface area contributed by atoms with Crippen molar-refractivity contribution in [2.45, 2.75) is 13.2 Å². The van der Waals surface area contributed by atoms with Crippen molar-refractivity contribution in [2.24, 2.45) is 0 Å². The highest BCUT2D eigenvalue weighted by Gasteiger charge is 2.01. The van der Waals surface area contributed by atoms with Gasteiger partial charge in [-0.15, -0.1) is 0 Å². The molecule has 0 aliphatic carbocycles. The van der Waals surface area contributed by atoms with Crippen LogP contribution < -0.4 is 10.1 Å². The molecule has 0 bridgehead atoms. The van der Waals surface area contributed by atoms with Crippen molar-refractivity contribution in [3.63, 3.8) is 0 Å². The maximum atomic E-state index is 13.2. The molecule has 0 aromatic heterocycles. The van der Waals surface area contributed by atoms with Gasteiger partial charge in [0, 0.05) is 11.0 Å². The Bertz CT molecular complexity index is 539. The van der Waals surface area contributed by atoms with Gasteiger partial charge in [0.05, 0.1) is 0 Å². The Morgan fingerprint density at radius 2 is 2.00 bits per heavy atom. The lowest BCUT2D eigenvalue weighted by molar-refractivity contribution is 0.305. The first-order valence-corrected chi connectivity index (χ1v) is 6.78. The smallest absolute Gasteiger partial charge is 0.124 e. The van der Waals surface area contributed by atoms with E-state index in [-0.39, 0.29) is 5.82 Å². The summed E-state index contributed by atoms with van der Waals surface area (Å²) >= 11 is 3.27. The second kappa shape index (κ2) is 6.68. The van der Waals surface area contributed by atoms with Crippen LogP contribution in [0, 0.1) is 5.82 Å². The third kappa shape index (κ3) is 4.33. The van der Waals surface area contributed by atoms with E-state index in [1.54, 1.807) is 0 Å². The van der Waals surface area contributed by atoms with Crippen LogP contribution in [0.3, 0.4) is 0 Å². The molecule has 0 radical (unpaired) electrons. The summed E-state index contributed by atoms with van der Waals surface area (Å²) in [6.07, 6.45) is 0. The topological polar surface area (TPSA) is 21.3 Å². The van der Waals surface area contributed by atoms with Gasteiger partial charge in [0.25, 0.3) is 0 Å². The predicted octanol–water partition coefficient (Wildman–Crippen LogP) is 3.89. The largest absolute Gasteiger partial charge is 0.489 e. The number of hydrogen-bond donors (Lipinski definition) is 1. The summed E-state index contributed by atoms with van der Waals surface area (Å²) in [7, 11) is 1.90. The average Bonchev–Trinajstić information content (AvgIpc) is 2.36. The minimum atomic E-state index is -0.267. The fourth-order valence-corrected chi connectivity index (χ4v) is 2.32. The fourth-order valence-electron chi connectivity index (χ4n) is 1.81. The van der Waals surface area contributed by atoms with Gasteiger partial charge in [-0.05, 0) is 48.5 Å². The Morgan fingerprint density at radius 1 is 1.16 bits per heavy atom. The minimum Gasteiger partial charge on any atom is -0.489 e. The highest BCUT2D eigenvalue weighted by atomic mass is 79.9. The molecule has 0 aliphatic heterocycles. The van der Waals surface area contributed by atoms with Gasteiger partial charge < -0.3 is 10.1 Å². The lowest BCUT2D eigenvalue weighted by atomic mass is 10.2. The molecular formula is C15H15BrFNO. The van der Waals surface area contributed by atoms with Gasteiger partial charge >= 0.3 is 0 Å². The summed E-state index contributed by atoms with van der Waals surface area (Å²) in [6, 6.07) is 12.6. The first kappa shape index (κ1) is 14.0. The molecule has 100 valence electrons. The zero-order chi connectivity index (χ0) is 13.7. The van der Waals surface area contributed by atoms with Crippen molar-refractivity contribution in [3.8, 4) is 5.75 Å². The summed E-state index contributed by atoms with van der Waals surface area (Å²) < 4.78 is 19.6. The molecule has 19 heavy (non-hydrogen) atoms. The molecular weight excluding hydrogens is 309 g/mol. The number of halogens is 2. The van der Waals surface area contributed by atoms with Crippen molar-refractivity contribution in [3.05, 3.63) is 63.9 Å². The Kier molecular flexibility index (Phi) is 4.93. The molecule has 0 saturated heterocycles. The molecule has 2 aromatic carbocycles. The predicted molar refractivity (Wildman–Crippen MR) is 77.6 cm³/mol. The molecule has 0 atom stereocenters. The summed E-state index contributed by atoms with van der Waals surface area (Å²) in [6.45, 7) is 1.14. The first-order valence-electron chi connectivity index (χ1n) is 5.98. The van der Waals surface area contributed by atoms with Crippen LogP contribution in [0.5, 0.6) is 5.75 Å². The Labute approximate surface area is 120 Å². The van der Waals surface area contributed by atoms with E-state index in [0.717, 1.165) is 27.9 Å². The number of nitrogens with one attached hydrogen (secondary N) is 1. The molecule has 0 aliphatic rings. The van der Waals surface area contributed by atoms with Gasteiger partial charge in [-0.25, -0.2) is 4.39 Å². The van der Waals surface area contributed by atoms with Gasteiger partial charge in [0.15, 0.2) is 0 Å². The molecule has 0 heterocycles. The van der Waals surface area contributed by atoms with Crippen LogP contribution in [-0.2, 0) is 13.2 Å². The summed E-state index contributed by atoms with van der Waals surface area (Å²) in [5.74, 6) is 0.519. The molecule has 0 spiro atoms. The fraction of sp³-hybridized carbons (Fsp3) is 0.200. The maximum absolute atomic E-state index is 13.2. The van der Waals surface area contributed by atoms with Gasteiger partial charge in [0.2, 0.25) is 0 Å². The van der Waals surface area contributed by atoms with Gasteiger partial charge in [-0.2, -0.15) is 0 Å². The minimum absolute atomic E-state index is 0.267. The van der Waals surface area contributed by atoms with Gasteiger partial charge in [0.1, 0.15) is 18.2 Å². The normalized spacial score (nSPS) is 10.5. The van der Waals surface area contributed by atoms with Gasteiger partial charge in [-0.3, -0.25) is 0 Å². The average molecular weight is 324 g/mol. The quantitative estimate of drug-likeness (QED) is 0.901. The third-order valence-corrected chi connectivity index (χ3v) is 3.07. The molecule has 0 fully saturated rings. The van der Waals surface area contributed by atoms with Crippen LogP contribution >= 0.6 is 15.9 Å². The van der Waals surface area contributed by atoms with E-state index in [0.29, 0.717) is 6.61 Å². The number of benzene rings is 2. The molecule has 2 rings (SSSR count). The second-order valence-corrected chi connectivity index (χ2v) is 5.16. The zero-order valence-corrected chi connectivity index (χ0v) is 12.2. The molecule has 4 heteroatoms. The highest BCUT2D eigenvalue weighted by molar-refractivity contribution is 9.10. The van der Waals surface area contributed by atoms with Crippen molar-refractivity contribution in [2.75, 3.05) is 7.05 Å². The second-order valence-electron chi connectivity index (χ2n) is 4.24. The van der Waals surface area contributed by atoms with Crippen molar-refractivity contribution >= 4 is 15.9 Å². The van der Waals surface area contributed by atoms with E-state index in [9.17, 15) is 4.39 Å². The standard InChI is InChI=1S/C15H15BrFNO/c1-18-9-11-3-2-4-15(7-11)19-10-12-5-13(16)8-14(17)6-12/h2-8,18H,9-10H2,1H3. The maximum Gasteiger partial charge on any atom is 0.124 e. The third-order valence-electron chi connectivity index (χ3n) is 2.61. The Balaban J connectivity index is 2.03. The van der Waals surface area contributed by atoms with Crippen molar-refractivity contribution < 1.29 is 9.13 Å². The van der Waals surface area contributed by atoms with E-state index in [1.165, 1.54) is 12.1 Å². The Morgan fingerprint density at radius 3 is 2.74 bits per heavy atom. The van der Waals surface area contributed by atoms with E-state index in [2.05, 4.69) is 21.2 Å². The molecule has 0 amide bonds. The van der Waals surface area contributed by atoms with E-state index in [1.807, 2.05) is 37.4 Å². The van der Waals surface area contributed by atoms with Crippen LogP contribution in [0.25, 0.3) is 0 Å². The van der Waals surface area contributed by atoms with Crippen LogP contribution in [0.15, 0.2) is 46.9 Å². The van der Waals surface area contributed by atoms with Crippen molar-refractivity contribution in [1.29, 1.82) is 0 Å². The lowest BCUT2D eigenvalue weighted by Crippen LogP contribution is -2.05. The highest BCUT2D eigenvalue weighted by Crippen LogP contribution is 2.18. The van der Waals surface area contributed by atoms with E-state index in [4.69, 9.17) is 4.74 Å². The first-order chi connectivity index (χ1) is 9.17. The lowest BCUT2D eigenvalue weighted by Gasteiger charge is -2.08. The number of ether oxygens (including phenoxy) is 1. The van der Waals surface area contributed by atoms with Crippen LogP contribution in [0.2, 0.25) is 0 Å². The van der Waals surface area contributed by atoms with E-state index >= 15 is 0 Å². The molecule has 0 unspecified atom stereocenters. The number of hydrogen-bond acceptors (Lipinski definition) is 2. The van der Waals surface area contributed by atoms with Gasteiger partial charge in [-0.1, -0.05) is 28.1 Å². The molecule has 1 N–H and O–H groups in total. The molecule has 0 saturated carbocycles.